The first-order valence-electron chi connectivity index (χ1n) is 6.50. The molecule has 0 spiro atoms. The second-order valence-corrected chi connectivity index (χ2v) is 4.64. The second-order valence-electron chi connectivity index (χ2n) is 4.64. The highest BCUT2D eigenvalue weighted by atomic mass is 15.4. The highest BCUT2D eigenvalue weighted by Crippen LogP contribution is 2.14. The highest BCUT2D eigenvalue weighted by molar-refractivity contribution is 4.74. The van der Waals surface area contributed by atoms with E-state index < -0.39 is 0 Å². The van der Waals surface area contributed by atoms with Crippen molar-refractivity contribution >= 4 is 0 Å². The van der Waals surface area contributed by atoms with Crippen molar-refractivity contribution < 1.29 is 0 Å². The zero-order valence-corrected chi connectivity index (χ0v) is 11.7. The SMILES string of the molecule is CCC(C)N(CC)C(C)N(CC)C(C)C. The first kappa shape index (κ1) is 14.9. The summed E-state index contributed by atoms with van der Waals surface area (Å²) in [6, 6.07) is 1.31. The van der Waals surface area contributed by atoms with Crippen molar-refractivity contribution in [1.82, 2.24) is 9.80 Å². The van der Waals surface area contributed by atoms with Gasteiger partial charge in [0.2, 0.25) is 0 Å². The second kappa shape index (κ2) is 7.24. The van der Waals surface area contributed by atoms with E-state index in [9.17, 15) is 0 Å². The topological polar surface area (TPSA) is 6.48 Å². The van der Waals surface area contributed by atoms with Crippen molar-refractivity contribution in [3.05, 3.63) is 0 Å². The fourth-order valence-electron chi connectivity index (χ4n) is 2.43. The lowest BCUT2D eigenvalue weighted by Gasteiger charge is -2.41. The summed E-state index contributed by atoms with van der Waals surface area (Å²) >= 11 is 0. The Kier molecular flexibility index (Phi) is 7.20. The summed E-state index contributed by atoms with van der Waals surface area (Å²) in [4.78, 5) is 5.14. The summed E-state index contributed by atoms with van der Waals surface area (Å²) in [6.45, 7) is 18.3. The predicted molar refractivity (Wildman–Crippen MR) is 69.1 cm³/mol. The van der Waals surface area contributed by atoms with Gasteiger partial charge in [-0.2, -0.15) is 0 Å². The van der Waals surface area contributed by atoms with Gasteiger partial charge in [-0.25, -0.2) is 0 Å². The highest BCUT2D eigenvalue weighted by Gasteiger charge is 2.23. The Balaban J connectivity index is 4.53. The van der Waals surface area contributed by atoms with Crippen molar-refractivity contribution in [2.24, 2.45) is 0 Å². The molecule has 0 aliphatic rings. The third-order valence-electron chi connectivity index (χ3n) is 3.51. The smallest absolute Gasteiger partial charge is 0.0597 e. The van der Waals surface area contributed by atoms with Gasteiger partial charge in [0, 0.05) is 12.1 Å². The molecule has 0 aromatic heterocycles. The summed E-state index contributed by atoms with van der Waals surface area (Å²) in [5, 5.41) is 0. The zero-order valence-electron chi connectivity index (χ0n) is 11.7. The van der Waals surface area contributed by atoms with Crippen LogP contribution in [0.4, 0.5) is 0 Å². The molecule has 0 aliphatic heterocycles. The Morgan fingerprint density at radius 3 is 1.53 bits per heavy atom. The van der Waals surface area contributed by atoms with Crippen molar-refractivity contribution in [2.45, 2.75) is 73.1 Å². The third-order valence-corrected chi connectivity index (χ3v) is 3.51. The molecular weight excluding hydrogens is 184 g/mol. The van der Waals surface area contributed by atoms with E-state index in [1.807, 2.05) is 0 Å². The zero-order chi connectivity index (χ0) is 12.0. The average molecular weight is 214 g/mol. The van der Waals surface area contributed by atoms with Crippen LogP contribution in [0, 0.1) is 0 Å². The van der Waals surface area contributed by atoms with Crippen molar-refractivity contribution in [3.8, 4) is 0 Å². The maximum absolute atomic E-state index is 2.59. The lowest BCUT2D eigenvalue weighted by atomic mass is 10.2. The molecule has 0 bridgehead atoms. The molecule has 15 heavy (non-hydrogen) atoms. The van der Waals surface area contributed by atoms with Crippen LogP contribution >= 0.6 is 0 Å². The standard InChI is InChI=1S/C13H30N2/c1-8-12(6)15(10-3)13(7)14(9-2)11(4)5/h11-13H,8-10H2,1-7H3. The summed E-state index contributed by atoms with van der Waals surface area (Å²) in [7, 11) is 0. The van der Waals surface area contributed by atoms with Gasteiger partial charge in [0.05, 0.1) is 6.17 Å². The van der Waals surface area contributed by atoms with E-state index >= 15 is 0 Å². The summed E-state index contributed by atoms with van der Waals surface area (Å²) in [5.41, 5.74) is 0. The van der Waals surface area contributed by atoms with Gasteiger partial charge in [-0.3, -0.25) is 9.80 Å². The number of hydrogen-bond acceptors (Lipinski definition) is 2. The molecule has 2 heteroatoms. The number of nitrogens with zero attached hydrogens (tertiary/aromatic N) is 2. The molecule has 0 saturated carbocycles. The molecule has 0 aromatic rings. The molecule has 92 valence electrons. The van der Waals surface area contributed by atoms with Gasteiger partial charge in [0.15, 0.2) is 0 Å². The van der Waals surface area contributed by atoms with Gasteiger partial charge >= 0.3 is 0 Å². The Hall–Kier alpha value is -0.0800. The van der Waals surface area contributed by atoms with E-state index in [0.29, 0.717) is 18.2 Å². The quantitative estimate of drug-likeness (QED) is 0.601. The summed E-state index contributed by atoms with van der Waals surface area (Å²) < 4.78 is 0. The minimum Gasteiger partial charge on any atom is -0.286 e. The van der Waals surface area contributed by atoms with Crippen LogP contribution in [0.5, 0.6) is 0 Å². The molecule has 2 atom stereocenters. The van der Waals surface area contributed by atoms with Crippen molar-refractivity contribution in [3.63, 3.8) is 0 Å². The minimum atomic E-state index is 0.551. The van der Waals surface area contributed by atoms with E-state index in [2.05, 4.69) is 58.3 Å². The molecule has 0 aliphatic carbocycles. The van der Waals surface area contributed by atoms with Gasteiger partial charge in [-0.1, -0.05) is 20.8 Å². The van der Waals surface area contributed by atoms with Gasteiger partial charge in [0.1, 0.15) is 0 Å². The Morgan fingerprint density at radius 1 is 0.800 bits per heavy atom. The Labute approximate surface area is 96.6 Å². The van der Waals surface area contributed by atoms with Crippen LogP contribution in [0.2, 0.25) is 0 Å². The van der Waals surface area contributed by atoms with E-state index in [1.165, 1.54) is 6.42 Å². The minimum absolute atomic E-state index is 0.551. The largest absolute Gasteiger partial charge is 0.286 e. The third kappa shape index (κ3) is 4.12. The van der Waals surface area contributed by atoms with Crippen LogP contribution in [-0.2, 0) is 0 Å². The number of hydrogen-bond donors (Lipinski definition) is 0. The van der Waals surface area contributed by atoms with Crippen molar-refractivity contribution in [1.29, 1.82) is 0 Å². The van der Waals surface area contributed by atoms with Gasteiger partial charge < -0.3 is 0 Å². The first-order valence-corrected chi connectivity index (χ1v) is 6.50. The van der Waals surface area contributed by atoms with Crippen LogP contribution < -0.4 is 0 Å². The lowest BCUT2D eigenvalue weighted by molar-refractivity contribution is 0.0152. The van der Waals surface area contributed by atoms with E-state index in [0.717, 1.165) is 13.1 Å². The van der Waals surface area contributed by atoms with Gasteiger partial charge in [-0.15, -0.1) is 0 Å². The molecule has 0 saturated heterocycles. The molecule has 2 nitrogen and oxygen atoms in total. The van der Waals surface area contributed by atoms with Crippen LogP contribution in [0.3, 0.4) is 0 Å². The van der Waals surface area contributed by atoms with Gasteiger partial charge in [-0.05, 0) is 47.2 Å². The maximum Gasteiger partial charge on any atom is 0.0597 e. The molecule has 0 rings (SSSR count). The predicted octanol–water partition coefficient (Wildman–Crippen LogP) is 3.18. The Bertz CT molecular complexity index is 157. The van der Waals surface area contributed by atoms with Crippen LogP contribution in [0.25, 0.3) is 0 Å². The van der Waals surface area contributed by atoms with E-state index in [-0.39, 0.29) is 0 Å². The average Bonchev–Trinajstić information content (AvgIpc) is 2.19. The monoisotopic (exact) mass is 214 g/mol. The maximum atomic E-state index is 2.59. The molecular formula is C13H30N2. The van der Waals surface area contributed by atoms with Crippen LogP contribution in [-0.4, -0.2) is 41.1 Å². The molecule has 2 unspecified atom stereocenters. The van der Waals surface area contributed by atoms with Crippen LogP contribution in [0.15, 0.2) is 0 Å². The molecule has 0 fully saturated rings. The fraction of sp³-hybridized carbons (Fsp3) is 1.00. The molecule has 0 heterocycles. The molecule has 0 N–H and O–H groups in total. The summed E-state index contributed by atoms with van der Waals surface area (Å²) in [6.07, 6.45) is 1.78. The Morgan fingerprint density at radius 2 is 1.27 bits per heavy atom. The number of rotatable bonds is 7. The van der Waals surface area contributed by atoms with E-state index in [4.69, 9.17) is 0 Å². The normalized spacial score (nSPS) is 16.4. The molecule has 0 radical (unpaired) electrons. The molecule has 0 amide bonds. The summed E-state index contributed by atoms with van der Waals surface area (Å²) in [5.74, 6) is 0. The van der Waals surface area contributed by atoms with Crippen LogP contribution in [0.1, 0.15) is 54.9 Å². The van der Waals surface area contributed by atoms with E-state index in [1.54, 1.807) is 0 Å². The van der Waals surface area contributed by atoms with Gasteiger partial charge in [0.25, 0.3) is 0 Å². The first-order chi connectivity index (χ1) is 6.99. The lowest BCUT2D eigenvalue weighted by Crippen LogP contribution is -2.52. The molecule has 0 aromatic carbocycles. The fourth-order valence-corrected chi connectivity index (χ4v) is 2.43. The van der Waals surface area contributed by atoms with Crippen molar-refractivity contribution in [2.75, 3.05) is 13.1 Å².